The molecule has 90 valence electrons. The van der Waals surface area contributed by atoms with Crippen LogP contribution in [0.25, 0.3) is 0 Å². The molecule has 0 fully saturated rings. The van der Waals surface area contributed by atoms with E-state index in [0.29, 0.717) is 0 Å². The first kappa shape index (κ1) is 12.9. The van der Waals surface area contributed by atoms with Crippen molar-refractivity contribution in [2.24, 2.45) is 0 Å². The summed E-state index contributed by atoms with van der Waals surface area (Å²) in [6, 6.07) is 0.920. The van der Waals surface area contributed by atoms with Crippen LogP contribution in [0.2, 0.25) is 0 Å². The van der Waals surface area contributed by atoms with Gasteiger partial charge >= 0.3 is 0 Å². The van der Waals surface area contributed by atoms with Crippen LogP contribution in [-0.2, 0) is 10.0 Å². The molecule has 0 atom stereocenters. The van der Waals surface area contributed by atoms with Crippen molar-refractivity contribution in [3.63, 3.8) is 0 Å². The number of hydrogen-bond acceptors (Lipinski definition) is 3. The van der Waals surface area contributed by atoms with Gasteiger partial charge in [0.15, 0.2) is 11.6 Å². The summed E-state index contributed by atoms with van der Waals surface area (Å²) in [4.78, 5) is -0.752. The zero-order valence-corrected chi connectivity index (χ0v) is 9.90. The van der Waals surface area contributed by atoms with Gasteiger partial charge < -0.3 is 5.73 Å². The second kappa shape index (κ2) is 3.99. The van der Waals surface area contributed by atoms with Crippen LogP contribution in [0, 0.1) is 18.6 Å². The standard InChI is InChI=1S/C9H12F2N2O2S/c1-5-6(12)4-7(9(11)8(5)10)16(14,15)13(2)3/h4H,12H2,1-3H3. The third-order valence-corrected chi connectivity index (χ3v) is 4.03. The lowest BCUT2D eigenvalue weighted by Gasteiger charge is -2.14. The normalized spacial score (nSPS) is 12.1. The Morgan fingerprint density at radius 3 is 2.19 bits per heavy atom. The molecule has 0 aliphatic heterocycles. The molecule has 0 aromatic heterocycles. The number of hydrogen-bond donors (Lipinski definition) is 1. The Bertz CT molecular complexity index is 527. The molecule has 7 heteroatoms. The van der Waals surface area contributed by atoms with Crippen molar-refractivity contribution in [2.75, 3.05) is 19.8 Å². The molecule has 0 heterocycles. The van der Waals surface area contributed by atoms with Crippen LogP contribution in [0.1, 0.15) is 5.56 Å². The Hall–Kier alpha value is -1.21. The van der Waals surface area contributed by atoms with E-state index >= 15 is 0 Å². The van der Waals surface area contributed by atoms with Gasteiger partial charge in [0.05, 0.1) is 0 Å². The fourth-order valence-electron chi connectivity index (χ4n) is 1.10. The molecule has 1 rings (SSSR count). The van der Waals surface area contributed by atoms with Crippen LogP contribution in [0.15, 0.2) is 11.0 Å². The quantitative estimate of drug-likeness (QED) is 0.800. The summed E-state index contributed by atoms with van der Waals surface area (Å²) in [5.41, 5.74) is 5.20. The summed E-state index contributed by atoms with van der Waals surface area (Å²) < 4.78 is 50.8. The van der Waals surface area contributed by atoms with Crippen molar-refractivity contribution in [3.8, 4) is 0 Å². The molecule has 0 aliphatic rings. The van der Waals surface area contributed by atoms with Crippen molar-refractivity contribution < 1.29 is 17.2 Å². The molecular weight excluding hydrogens is 238 g/mol. The van der Waals surface area contributed by atoms with Gasteiger partial charge in [0.2, 0.25) is 10.0 Å². The largest absolute Gasteiger partial charge is 0.398 e. The lowest BCUT2D eigenvalue weighted by Crippen LogP contribution is -2.24. The molecule has 0 aliphatic carbocycles. The van der Waals surface area contributed by atoms with Crippen LogP contribution in [0.4, 0.5) is 14.5 Å². The molecular formula is C9H12F2N2O2S. The fraction of sp³-hybridized carbons (Fsp3) is 0.333. The second-order valence-corrected chi connectivity index (χ2v) is 5.62. The lowest BCUT2D eigenvalue weighted by atomic mass is 10.2. The zero-order chi connectivity index (χ0) is 12.7. The minimum Gasteiger partial charge on any atom is -0.398 e. The van der Waals surface area contributed by atoms with Crippen LogP contribution in [-0.4, -0.2) is 26.8 Å². The molecule has 0 bridgehead atoms. The van der Waals surface area contributed by atoms with Crippen LogP contribution >= 0.6 is 0 Å². The van der Waals surface area contributed by atoms with E-state index in [4.69, 9.17) is 5.73 Å². The average Bonchev–Trinajstić information content (AvgIpc) is 2.19. The van der Waals surface area contributed by atoms with Gasteiger partial charge in [0, 0.05) is 25.3 Å². The summed E-state index contributed by atoms with van der Waals surface area (Å²) in [7, 11) is -1.58. The van der Waals surface area contributed by atoms with Crippen LogP contribution in [0.3, 0.4) is 0 Å². The van der Waals surface area contributed by atoms with E-state index in [1.54, 1.807) is 0 Å². The van der Waals surface area contributed by atoms with Crippen molar-refractivity contribution >= 4 is 15.7 Å². The zero-order valence-electron chi connectivity index (χ0n) is 9.08. The van der Waals surface area contributed by atoms with Crippen LogP contribution < -0.4 is 5.73 Å². The Morgan fingerprint density at radius 1 is 1.25 bits per heavy atom. The SMILES string of the molecule is Cc1c(N)cc(S(=O)(=O)N(C)C)c(F)c1F. The third kappa shape index (κ3) is 1.88. The van der Waals surface area contributed by atoms with Gasteiger partial charge in [-0.3, -0.25) is 0 Å². The Kier molecular flexibility index (Phi) is 3.20. The minimum absolute atomic E-state index is 0.0978. The summed E-state index contributed by atoms with van der Waals surface area (Å²) in [5, 5.41) is 0. The number of nitrogens with two attached hydrogens (primary N) is 1. The number of sulfonamides is 1. The molecule has 16 heavy (non-hydrogen) atoms. The molecule has 0 radical (unpaired) electrons. The van der Waals surface area contributed by atoms with E-state index in [1.165, 1.54) is 21.0 Å². The Balaban J connectivity index is 3.61. The van der Waals surface area contributed by atoms with E-state index < -0.39 is 26.6 Å². The van der Waals surface area contributed by atoms with E-state index in [1.807, 2.05) is 0 Å². The molecule has 1 aromatic carbocycles. The second-order valence-electron chi connectivity index (χ2n) is 3.50. The van der Waals surface area contributed by atoms with Gasteiger partial charge in [0.1, 0.15) is 4.90 Å². The highest BCUT2D eigenvalue weighted by molar-refractivity contribution is 7.89. The van der Waals surface area contributed by atoms with E-state index in [0.717, 1.165) is 10.4 Å². The van der Waals surface area contributed by atoms with Gasteiger partial charge in [-0.05, 0) is 13.0 Å². The van der Waals surface area contributed by atoms with Gasteiger partial charge in [-0.15, -0.1) is 0 Å². The molecule has 1 aromatic rings. The van der Waals surface area contributed by atoms with Crippen molar-refractivity contribution in [1.82, 2.24) is 4.31 Å². The maximum atomic E-state index is 13.5. The minimum atomic E-state index is -4.03. The number of benzene rings is 1. The van der Waals surface area contributed by atoms with Gasteiger partial charge in [0.25, 0.3) is 0 Å². The average molecular weight is 250 g/mol. The van der Waals surface area contributed by atoms with Crippen molar-refractivity contribution in [1.29, 1.82) is 0 Å². The number of nitrogen functional groups attached to an aromatic ring is 1. The predicted octanol–water partition coefficient (Wildman–Crippen LogP) is 1.11. The topological polar surface area (TPSA) is 63.4 Å². The smallest absolute Gasteiger partial charge is 0.245 e. The summed E-state index contributed by atoms with van der Waals surface area (Å²) >= 11 is 0. The first-order chi connectivity index (χ1) is 7.19. The highest BCUT2D eigenvalue weighted by atomic mass is 32.2. The Labute approximate surface area is 92.7 Å². The molecule has 0 amide bonds. The molecule has 0 saturated carbocycles. The lowest BCUT2D eigenvalue weighted by molar-refractivity contribution is 0.468. The summed E-state index contributed by atoms with van der Waals surface area (Å²) in [5.74, 6) is -2.64. The number of anilines is 1. The van der Waals surface area contributed by atoms with Crippen molar-refractivity contribution in [2.45, 2.75) is 11.8 Å². The van der Waals surface area contributed by atoms with Gasteiger partial charge in [-0.25, -0.2) is 21.5 Å². The molecule has 4 nitrogen and oxygen atoms in total. The molecule has 2 N–H and O–H groups in total. The van der Waals surface area contributed by atoms with E-state index in [9.17, 15) is 17.2 Å². The van der Waals surface area contributed by atoms with E-state index in [2.05, 4.69) is 0 Å². The molecule has 0 saturated heterocycles. The molecule has 0 unspecified atom stereocenters. The predicted molar refractivity (Wildman–Crippen MR) is 56.4 cm³/mol. The first-order valence-electron chi connectivity index (χ1n) is 4.36. The number of rotatable bonds is 2. The fourth-order valence-corrected chi connectivity index (χ4v) is 2.08. The summed E-state index contributed by atoms with van der Waals surface area (Å²) in [6.45, 7) is 1.28. The maximum absolute atomic E-state index is 13.5. The summed E-state index contributed by atoms with van der Waals surface area (Å²) in [6.07, 6.45) is 0. The first-order valence-corrected chi connectivity index (χ1v) is 5.80. The van der Waals surface area contributed by atoms with Crippen LogP contribution in [0.5, 0.6) is 0 Å². The maximum Gasteiger partial charge on any atom is 0.245 e. The highest BCUT2D eigenvalue weighted by Gasteiger charge is 2.26. The van der Waals surface area contributed by atoms with Crippen molar-refractivity contribution in [3.05, 3.63) is 23.3 Å². The Morgan fingerprint density at radius 2 is 1.75 bits per heavy atom. The number of halogens is 2. The monoisotopic (exact) mass is 250 g/mol. The number of nitrogens with zero attached hydrogens (tertiary/aromatic N) is 1. The molecule has 0 spiro atoms. The van der Waals surface area contributed by atoms with Gasteiger partial charge in [-0.1, -0.05) is 0 Å². The van der Waals surface area contributed by atoms with Gasteiger partial charge in [-0.2, -0.15) is 0 Å². The third-order valence-electron chi connectivity index (χ3n) is 2.22. The highest BCUT2D eigenvalue weighted by Crippen LogP contribution is 2.26. The van der Waals surface area contributed by atoms with E-state index in [-0.39, 0.29) is 11.3 Å².